The quantitative estimate of drug-likeness (QED) is 0.606. The van der Waals surface area contributed by atoms with Crippen LogP contribution in [0.5, 0.6) is 11.5 Å². The largest absolute Gasteiger partial charge is 0.478 e. The summed E-state index contributed by atoms with van der Waals surface area (Å²) in [6, 6.07) is 11.0. The van der Waals surface area contributed by atoms with Gasteiger partial charge in [-0.2, -0.15) is 10.1 Å². The number of amides is 2. The molecule has 2 amide bonds. The second-order valence-electron chi connectivity index (χ2n) is 6.55. The van der Waals surface area contributed by atoms with Gasteiger partial charge in [0.15, 0.2) is 16.7 Å². The summed E-state index contributed by atoms with van der Waals surface area (Å²) in [4.78, 5) is 36.1. The SMILES string of the molecule is N=C1S[C@@H](C(=O)Nc2cccc(C(=O)O)c2)CC(=O)N1/N=C\c1ccc2c(c1)OCO2. The van der Waals surface area contributed by atoms with E-state index in [1.807, 2.05) is 0 Å². The number of carbonyl (C=O) groups is 3. The number of benzene rings is 2. The Hall–Kier alpha value is -3.86. The van der Waals surface area contributed by atoms with Crippen molar-refractivity contribution in [1.29, 1.82) is 5.41 Å². The standard InChI is InChI=1S/C20H16N4O6S/c21-20-24(22-9-11-4-5-14-15(6-11)30-10-29-14)17(25)8-16(31-20)18(26)23-13-3-1-2-12(7-13)19(27)28/h1-7,9,16,21H,8,10H2,(H,23,26)(H,27,28)/b21-20?,22-9-/t16-/m1/s1. The number of carbonyl (C=O) groups excluding carboxylic acids is 2. The molecule has 2 aromatic carbocycles. The number of carboxylic acid groups (broad SMARTS) is 1. The van der Waals surface area contributed by atoms with Crippen LogP contribution in [0.1, 0.15) is 22.3 Å². The van der Waals surface area contributed by atoms with Gasteiger partial charge in [0, 0.05) is 5.69 Å². The van der Waals surface area contributed by atoms with Gasteiger partial charge < -0.3 is 19.9 Å². The van der Waals surface area contributed by atoms with Gasteiger partial charge in [-0.25, -0.2) is 4.79 Å². The lowest BCUT2D eigenvalue weighted by molar-refractivity contribution is -0.129. The van der Waals surface area contributed by atoms with Crippen molar-refractivity contribution in [3.05, 3.63) is 53.6 Å². The highest BCUT2D eigenvalue weighted by atomic mass is 32.2. The molecule has 4 rings (SSSR count). The Balaban J connectivity index is 1.40. The summed E-state index contributed by atoms with van der Waals surface area (Å²) in [6.07, 6.45) is 1.27. The molecule has 2 heterocycles. The molecule has 0 radical (unpaired) electrons. The minimum atomic E-state index is -1.11. The summed E-state index contributed by atoms with van der Waals surface area (Å²) in [6.45, 7) is 0.145. The highest BCUT2D eigenvalue weighted by Gasteiger charge is 2.35. The summed E-state index contributed by atoms with van der Waals surface area (Å²) in [5, 5.41) is 23.7. The van der Waals surface area contributed by atoms with Gasteiger partial charge in [0.25, 0.3) is 5.91 Å². The van der Waals surface area contributed by atoms with Crippen molar-refractivity contribution in [2.24, 2.45) is 5.10 Å². The van der Waals surface area contributed by atoms with Gasteiger partial charge in [0.2, 0.25) is 12.7 Å². The molecule has 0 saturated carbocycles. The van der Waals surface area contributed by atoms with Gasteiger partial charge in [-0.05, 0) is 42.0 Å². The monoisotopic (exact) mass is 440 g/mol. The van der Waals surface area contributed by atoms with Crippen LogP contribution in [0.4, 0.5) is 5.69 Å². The number of fused-ring (bicyclic) bond motifs is 1. The van der Waals surface area contributed by atoms with E-state index in [2.05, 4.69) is 10.4 Å². The molecule has 0 unspecified atom stereocenters. The Kier molecular flexibility index (Phi) is 5.58. The van der Waals surface area contributed by atoms with Crippen molar-refractivity contribution in [3.63, 3.8) is 0 Å². The van der Waals surface area contributed by atoms with E-state index in [1.165, 1.54) is 24.4 Å². The zero-order valence-corrected chi connectivity index (χ0v) is 16.7. The van der Waals surface area contributed by atoms with E-state index in [0.29, 0.717) is 22.7 Å². The minimum Gasteiger partial charge on any atom is -0.478 e. The third-order valence-corrected chi connectivity index (χ3v) is 5.49. The van der Waals surface area contributed by atoms with E-state index >= 15 is 0 Å². The number of hydrogen-bond acceptors (Lipinski definition) is 8. The van der Waals surface area contributed by atoms with Crippen molar-refractivity contribution in [2.45, 2.75) is 11.7 Å². The highest BCUT2D eigenvalue weighted by Crippen LogP contribution is 2.32. The van der Waals surface area contributed by atoms with Crippen molar-refractivity contribution < 1.29 is 29.0 Å². The first-order valence-electron chi connectivity index (χ1n) is 9.07. The third-order valence-electron chi connectivity index (χ3n) is 4.43. The van der Waals surface area contributed by atoms with Crippen molar-refractivity contribution in [1.82, 2.24) is 5.01 Å². The van der Waals surface area contributed by atoms with Gasteiger partial charge in [-0.15, -0.1) is 0 Å². The predicted octanol–water partition coefficient (Wildman–Crippen LogP) is 2.35. The first-order chi connectivity index (χ1) is 14.9. The predicted molar refractivity (Wildman–Crippen MR) is 113 cm³/mol. The van der Waals surface area contributed by atoms with Crippen molar-refractivity contribution >= 4 is 46.6 Å². The van der Waals surface area contributed by atoms with Gasteiger partial charge >= 0.3 is 5.97 Å². The van der Waals surface area contributed by atoms with E-state index in [1.54, 1.807) is 24.3 Å². The average molecular weight is 440 g/mol. The molecule has 158 valence electrons. The molecular formula is C20H16N4O6S. The maximum Gasteiger partial charge on any atom is 0.335 e. The molecule has 0 aliphatic carbocycles. The molecule has 2 aromatic rings. The van der Waals surface area contributed by atoms with E-state index in [-0.39, 0.29) is 23.9 Å². The number of aromatic carboxylic acids is 1. The number of hydrazone groups is 1. The summed E-state index contributed by atoms with van der Waals surface area (Å²) in [5.74, 6) is -0.916. The van der Waals surface area contributed by atoms with Crippen LogP contribution in [0.15, 0.2) is 47.6 Å². The number of nitrogens with zero attached hydrogens (tertiary/aromatic N) is 2. The fraction of sp³-hybridized carbons (Fsp3) is 0.150. The molecule has 3 N–H and O–H groups in total. The molecule has 0 bridgehead atoms. The molecule has 1 saturated heterocycles. The maximum absolute atomic E-state index is 12.5. The Labute approximate surface area is 180 Å². The summed E-state index contributed by atoms with van der Waals surface area (Å²) in [7, 11) is 0. The van der Waals surface area contributed by atoms with Crippen LogP contribution >= 0.6 is 11.8 Å². The first-order valence-corrected chi connectivity index (χ1v) is 9.95. The number of thioether (sulfide) groups is 1. The molecule has 10 nitrogen and oxygen atoms in total. The normalized spacial score (nSPS) is 17.8. The van der Waals surface area contributed by atoms with Crippen LogP contribution in [0.3, 0.4) is 0 Å². The lowest BCUT2D eigenvalue weighted by atomic mass is 10.2. The Bertz CT molecular complexity index is 1100. The molecule has 2 aliphatic rings. The topological polar surface area (TPSA) is 141 Å². The number of ether oxygens (including phenoxy) is 2. The summed E-state index contributed by atoms with van der Waals surface area (Å²) >= 11 is 0.893. The van der Waals surface area contributed by atoms with Gasteiger partial charge in [-0.1, -0.05) is 17.8 Å². The van der Waals surface area contributed by atoms with Crippen LogP contribution in [0, 0.1) is 5.41 Å². The van der Waals surface area contributed by atoms with Crippen molar-refractivity contribution in [2.75, 3.05) is 12.1 Å². The number of amidine groups is 1. The minimum absolute atomic E-state index is 0.0296. The Morgan fingerprint density at radius 1 is 1.23 bits per heavy atom. The number of anilines is 1. The molecule has 0 aromatic heterocycles. The zero-order chi connectivity index (χ0) is 22.0. The van der Waals surface area contributed by atoms with Gasteiger partial charge in [0.05, 0.1) is 18.2 Å². The van der Waals surface area contributed by atoms with Crippen molar-refractivity contribution in [3.8, 4) is 11.5 Å². The number of hydrogen-bond donors (Lipinski definition) is 3. The lowest BCUT2D eigenvalue weighted by Crippen LogP contribution is -2.42. The second-order valence-corrected chi connectivity index (χ2v) is 7.75. The first kappa shape index (κ1) is 20.4. The van der Waals surface area contributed by atoms with Crippen LogP contribution in [0.2, 0.25) is 0 Å². The fourth-order valence-electron chi connectivity index (χ4n) is 2.92. The molecule has 2 aliphatic heterocycles. The van der Waals surface area contributed by atoms with Crippen LogP contribution in [-0.4, -0.2) is 51.3 Å². The van der Waals surface area contributed by atoms with E-state index < -0.39 is 23.0 Å². The molecule has 11 heteroatoms. The number of carboxylic acids is 1. The van der Waals surface area contributed by atoms with Crippen LogP contribution in [0.25, 0.3) is 0 Å². The second kappa shape index (κ2) is 8.48. The van der Waals surface area contributed by atoms with E-state index in [4.69, 9.17) is 20.0 Å². The lowest BCUT2D eigenvalue weighted by Gasteiger charge is -2.27. The average Bonchev–Trinajstić information content (AvgIpc) is 3.21. The molecular weight excluding hydrogens is 424 g/mol. The molecule has 1 fully saturated rings. The van der Waals surface area contributed by atoms with Gasteiger partial charge in [-0.3, -0.25) is 15.0 Å². The Morgan fingerprint density at radius 3 is 2.81 bits per heavy atom. The summed E-state index contributed by atoms with van der Waals surface area (Å²) < 4.78 is 10.5. The zero-order valence-electron chi connectivity index (χ0n) is 15.9. The fourth-order valence-corrected chi connectivity index (χ4v) is 3.83. The van der Waals surface area contributed by atoms with Crippen LogP contribution < -0.4 is 14.8 Å². The highest BCUT2D eigenvalue weighted by molar-refractivity contribution is 8.14. The smallest absolute Gasteiger partial charge is 0.335 e. The van der Waals surface area contributed by atoms with Crippen LogP contribution in [-0.2, 0) is 9.59 Å². The number of nitrogens with one attached hydrogen (secondary N) is 2. The third kappa shape index (κ3) is 4.51. The molecule has 31 heavy (non-hydrogen) atoms. The molecule has 1 atom stereocenters. The summed E-state index contributed by atoms with van der Waals surface area (Å²) in [5.41, 5.74) is 0.989. The van der Waals surface area contributed by atoms with Gasteiger partial charge in [0.1, 0.15) is 5.25 Å². The Morgan fingerprint density at radius 2 is 2.03 bits per heavy atom. The molecule has 0 spiro atoms. The maximum atomic E-state index is 12.5. The van der Waals surface area contributed by atoms with E-state index in [0.717, 1.165) is 16.8 Å². The number of rotatable bonds is 5. The van der Waals surface area contributed by atoms with E-state index in [9.17, 15) is 14.4 Å².